The monoisotopic (exact) mass is 408 g/mol. The third-order valence-corrected chi connectivity index (χ3v) is 5.16. The van der Waals surface area contributed by atoms with E-state index in [1.54, 1.807) is 19.1 Å². The van der Waals surface area contributed by atoms with E-state index >= 15 is 0 Å². The standard InChI is InChI=1S/C22H24N4O4/c1-28-17-9-7-15(8-10-17)11-12-23-22(27)26-13-16(14-26)21-24-20(25-30-21)18-5-3-4-6-19(18)29-2/h3-10,16H,11-14H2,1-2H3,(H,23,27). The molecular weight excluding hydrogens is 384 g/mol. The zero-order chi connectivity index (χ0) is 20.9. The Hall–Kier alpha value is -3.55. The molecule has 2 aromatic carbocycles. The first-order valence-electron chi connectivity index (χ1n) is 9.80. The molecule has 4 rings (SSSR count). The largest absolute Gasteiger partial charge is 0.497 e. The van der Waals surface area contributed by atoms with Crippen molar-refractivity contribution >= 4 is 6.03 Å². The van der Waals surface area contributed by atoms with Crippen LogP contribution in [0.5, 0.6) is 11.5 Å². The molecule has 1 saturated heterocycles. The van der Waals surface area contributed by atoms with Crippen LogP contribution in [-0.4, -0.2) is 54.9 Å². The Kier molecular flexibility index (Phi) is 5.83. The van der Waals surface area contributed by atoms with Crippen LogP contribution in [0.3, 0.4) is 0 Å². The van der Waals surface area contributed by atoms with E-state index in [4.69, 9.17) is 14.0 Å². The maximum absolute atomic E-state index is 12.3. The lowest BCUT2D eigenvalue weighted by molar-refractivity contribution is 0.137. The molecule has 3 aromatic rings. The summed E-state index contributed by atoms with van der Waals surface area (Å²) in [6, 6.07) is 15.3. The molecule has 8 nitrogen and oxygen atoms in total. The van der Waals surface area contributed by atoms with Crippen LogP contribution in [-0.2, 0) is 6.42 Å². The molecule has 156 valence electrons. The average molecular weight is 408 g/mol. The molecule has 0 aliphatic carbocycles. The number of nitrogens with one attached hydrogen (secondary N) is 1. The van der Waals surface area contributed by atoms with Crippen LogP contribution in [0.15, 0.2) is 53.1 Å². The third-order valence-electron chi connectivity index (χ3n) is 5.16. The fraction of sp³-hybridized carbons (Fsp3) is 0.318. The quantitative estimate of drug-likeness (QED) is 0.646. The van der Waals surface area contributed by atoms with Gasteiger partial charge in [-0.25, -0.2) is 4.79 Å². The molecule has 0 atom stereocenters. The van der Waals surface area contributed by atoms with Crippen LogP contribution in [0, 0.1) is 0 Å². The number of carbonyl (C=O) groups excluding carboxylic acids is 1. The van der Waals surface area contributed by atoms with Crippen molar-refractivity contribution in [3.63, 3.8) is 0 Å². The Morgan fingerprint density at radius 1 is 1.13 bits per heavy atom. The van der Waals surface area contributed by atoms with Gasteiger partial charge in [-0.15, -0.1) is 0 Å². The molecule has 2 heterocycles. The summed E-state index contributed by atoms with van der Waals surface area (Å²) in [6.45, 7) is 1.69. The van der Waals surface area contributed by atoms with Crippen molar-refractivity contribution in [1.82, 2.24) is 20.4 Å². The number of methoxy groups -OCH3 is 2. The summed E-state index contributed by atoms with van der Waals surface area (Å²) in [7, 11) is 3.25. The molecule has 1 aliphatic heterocycles. The van der Waals surface area contributed by atoms with E-state index in [0.717, 1.165) is 23.3 Å². The Bertz CT molecular complexity index is 996. The molecule has 8 heteroatoms. The summed E-state index contributed by atoms with van der Waals surface area (Å²) in [4.78, 5) is 18.6. The summed E-state index contributed by atoms with van der Waals surface area (Å²) in [5, 5.41) is 7.02. The van der Waals surface area contributed by atoms with E-state index in [1.165, 1.54) is 0 Å². The van der Waals surface area contributed by atoms with Gasteiger partial charge in [0.15, 0.2) is 0 Å². The van der Waals surface area contributed by atoms with E-state index in [2.05, 4.69) is 15.5 Å². The molecule has 0 spiro atoms. The van der Waals surface area contributed by atoms with Crippen LogP contribution in [0.25, 0.3) is 11.4 Å². The number of hydrogen-bond acceptors (Lipinski definition) is 6. The topological polar surface area (TPSA) is 89.7 Å². The number of amides is 2. The van der Waals surface area contributed by atoms with Gasteiger partial charge in [-0.05, 0) is 36.2 Å². The minimum absolute atomic E-state index is 0.0493. The number of rotatable bonds is 7. The Labute approximate surface area is 174 Å². The van der Waals surface area contributed by atoms with Gasteiger partial charge in [0.25, 0.3) is 0 Å². The normalized spacial score (nSPS) is 13.6. The van der Waals surface area contributed by atoms with Gasteiger partial charge in [-0.2, -0.15) is 4.98 Å². The minimum atomic E-state index is -0.0794. The van der Waals surface area contributed by atoms with Crippen molar-refractivity contribution in [2.45, 2.75) is 12.3 Å². The Morgan fingerprint density at radius 2 is 1.90 bits per heavy atom. The summed E-state index contributed by atoms with van der Waals surface area (Å²) < 4.78 is 15.9. The second-order valence-corrected chi connectivity index (χ2v) is 7.09. The highest BCUT2D eigenvalue weighted by molar-refractivity contribution is 5.75. The van der Waals surface area contributed by atoms with Crippen LogP contribution < -0.4 is 14.8 Å². The highest BCUT2D eigenvalue weighted by Gasteiger charge is 2.35. The summed E-state index contributed by atoms with van der Waals surface area (Å²) in [5.74, 6) is 2.59. The maximum atomic E-state index is 12.3. The number of carbonyl (C=O) groups is 1. The predicted octanol–water partition coefficient (Wildman–Crippen LogP) is 3.11. The van der Waals surface area contributed by atoms with Crippen molar-refractivity contribution < 1.29 is 18.8 Å². The lowest BCUT2D eigenvalue weighted by Crippen LogP contribution is -2.52. The number of para-hydroxylation sites is 1. The van der Waals surface area contributed by atoms with Gasteiger partial charge < -0.3 is 24.2 Å². The number of ether oxygens (including phenoxy) is 2. The van der Waals surface area contributed by atoms with Crippen molar-refractivity contribution in [2.24, 2.45) is 0 Å². The fourth-order valence-electron chi connectivity index (χ4n) is 3.36. The number of aromatic nitrogens is 2. The highest BCUT2D eigenvalue weighted by Crippen LogP contribution is 2.31. The minimum Gasteiger partial charge on any atom is -0.497 e. The lowest BCUT2D eigenvalue weighted by Gasteiger charge is -2.36. The third kappa shape index (κ3) is 4.22. The van der Waals surface area contributed by atoms with Gasteiger partial charge in [-0.3, -0.25) is 0 Å². The van der Waals surface area contributed by atoms with Gasteiger partial charge >= 0.3 is 6.03 Å². The van der Waals surface area contributed by atoms with E-state index in [1.807, 2.05) is 48.5 Å². The van der Waals surface area contributed by atoms with Crippen molar-refractivity contribution in [2.75, 3.05) is 33.9 Å². The Balaban J connectivity index is 1.25. The van der Waals surface area contributed by atoms with E-state index in [9.17, 15) is 4.79 Å². The molecule has 1 aromatic heterocycles. The maximum Gasteiger partial charge on any atom is 0.317 e. The Morgan fingerprint density at radius 3 is 2.63 bits per heavy atom. The summed E-state index contributed by atoms with van der Waals surface area (Å²) in [5.41, 5.74) is 1.93. The van der Waals surface area contributed by atoms with Crippen LogP contribution in [0.4, 0.5) is 4.79 Å². The second-order valence-electron chi connectivity index (χ2n) is 7.09. The van der Waals surface area contributed by atoms with Gasteiger partial charge in [0, 0.05) is 19.6 Å². The van der Waals surface area contributed by atoms with Crippen molar-refractivity contribution in [1.29, 1.82) is 0 Å². The SMILES string of the molecule is COc1ccc(CCNC(=O)N2CC(c3nc(-c4ccccc4OC)no3)C2)cc1. The van der Waals surface area contributed by atoms with E-state index in [-0.39, 0.29) is 11.9 Å². The summed E-state index contributed by atoms with van der Waals surface area (Å²) >= 11 is 0. The highest BCUT2D eigenvalue weighted by atomic mass is 16.5. The number of likely N-dealkylation sites (tertiary alicyclic amines) is 1. The molecule has 1 N–H and O–H groups in total. The predicted molar refractivity (Wildman–Crippen MR) is 111 cm³/mol. The second kappa shape index (κ2) is 8.86. The number of urea groups is 1. The van der Waals surface area contributed by atoms with E-state index < -0.39 is 0 Å². The average Bonchev–Trinajstić information content (AvgIpc) is 3.22. The van der Waals surface area contributed by atoms with Crippen LogP contribution in [0.1, 0.15) is 17.4 Å². The molecule has 0 saturated carbocycles. The molecular formula is C22H24N4O4. The molecule has 0 radical (unpaired) electrons. The first-order chi connectivity index (χ1) is 14.7. The van der Waals surface area contributed by atoms with Gasteiger partial charge in [0.1, 0.15) is 11.5 Å². The number of hydrogen-bond donors (Lipinski definition) is 1. The van der Waals surface area contributed by atoms with Crippen LogP contribution in [0.2, 0.25) is 0 Å². The molecule has 1 aliphatic rings. The van der Waals surface area contributed by atoms with Crippen molar-refractivity contribution in [3.8, 4) is 22.9 Å². The first-order valence-corrected chi connectivity index (χ1v) is 9.80. The van der Waals surface area contributed by atoms with Crippen molar-refractivity contribution in [3.05, 3.63) is 60.0 Å². The molecule has 0 unspecified atom stereocenters. The summed E-state index contributed by atoms with van der Waals surface area (Å²) in [6.07, 6.45) is 0.763. The van der Waals surface area contributed by atoms with Gasteiger partial charge in [-0.1, -0.05) is 29.4 Å². The lowest BCUT2D eigenvalue weighted by atomic mass is 10.0. The molecule has 1 fully saturated rings. The molecule has 0 bridgehead atoms. The number of nitrogens with zero attached hydrogens (tertiary/aromatic N) is 3. The van der Waals surface area contributed by atoms with Crippen LogP contribution >= 0.6 is 0 Å². The molecule has 30 heavy (non-hydrogen) atoms. The number of benzene rings is 2. The van der Waals surface area contributed by atoms with Gasteiger partial charge in [0.05, 0.1) is 25.7 Å². The fourth-order valence-corrected chi connectivity index (χ4v) is 3.36. The zero-order valence-electron chi connectivity index (χ0n) is 17.0. The smallest absolute Gasteiger partial charge is 0.317 e. The zero-order valence-corrected chi connectivity index (χ0v) is 17.0. The first kappa shape index (κ1) is 19.8. The van der Waals surface area contributed by atoms with Gasteiger partial charge in [0.2, 0.25) is 11.7 Å². The van der Waals surface area contributed by atoms with E-state index in [0.29, 0.717) is 37.1 Å². The molecule has 2 amide bonds.